The molecule has 0 aliphatic heterocycles. The van der Waals surface area contributed by atoms with Crippen LogP contribution in [0.4, 0.5) is 0 Å². The summed E-state index contributed by atoms with van der Waals surface area (Å²) in [5, 5.41) is 0. The van der Waals surface area contributed by atoms with Crippen LogP contribution in [-0.2, 0) is 12.8 Å². The number of hydrogen-bond acceptors (Lipinski definition) is 3. The van der Waals surface area contributed by atoms with E-state index in [-0.39, 0.29) is 6.04 Å². The zero-order valence-corrected chi connectivity index (χ0v) is 13.1. The molecule has 0 saturated heterocycles. The van der Waals surface area contributed by atoms with Gasteiger partial charge in [0.05, 0.1) is 6.04 Å². The summed E-state index contributed by atoms with van der Waals surface area (Å²) in [5.41, 5.74) is 7.96. The molecule has 1 aromatic heterocycles. The van der Waals surface area contributed by atoms with Crippen molar-refractivity contribution in [3.05, 3.63) is 65.0 Å². The van der Waals surface area contributed by atoms with Crippen molar-refractivity contribution in [1.82, 2.24) is 10.4 Å². The molecule has 0 spiro atoms. The summed E-state index contributed by atoms with van der Waals surface area (Å²) >= 11 is 0. The number of hydrogen-bond donors (Lipinski definition) is 2. The quantitative estimate of drug-likeness (QED) is 0.631. The fourth-order valence-corrected chi connectivity index (χ4v) is 2.75. The van der Waals surface area contributed by atoms with E-state index in [0.29, 0.717) is 5.92 Å². The van der Waals surface area contributed by atoms with E-state index in [1.54, 1.807) is 0 Å². The summed E-state index contributed by atoms with van der Waals surface area (Å²) in [6.45, 7) is 6.62. The predicted molar refractivity (Wildman–Crippen MR) is 87.8 cm³/mol. The fourth-order valence-electron chi connectivity index (χ4n) is 2.75. The number of rotatable bonds is 6. The Kier molecular flexibility index (Phi) is 5.48. The van der Waals surface area contributed by atoms with E-state index in [9.17, 15) is 0 Å². The van der Waals surface area contributed by atoms with E-state index in [1.807, 2.05) is 12.4 Å². The molecule has 0 aliphatic carbocycles. The van der Waals surface area contributed by atoms with Gasteiger partial charge >= 0.3 is 0 Å². The van der Waals surface area contributed by atoms with E-state index in [1.165, 1.54) is 22.3 Å². The van der Waals surface area contributed by atoms with Crippen molar-refractivity contribution in [2.75, 3.05) is 0 Å². The van der Waals surface area contributed by atoms with Crippen molar-refractivity contribution in [2.24, 2.45) is 11.8 Å². The third-order valence-electron chi connectivity index (χ3n) is 3.73. The minimum absolute atomic E-state index is 0.00932. The van der Waals surface area contributed by atoms with Crippen molar-refractivity contribution in [1.29, 1.82) is 0 Å². The van der Waals surface area contributed by atoms with Gasteiger partial charge in [0.15, 0.2) is 0 Å². The first-order valence-electron chi connectivity index (χ1n) is 7.63. The van der Waals surface area contributed by atoms with Gasteiger partial charge in [0.1, 0.15) is 0 Å². The number of aromatic nitrogens is 1. The summed E-state index contributed by atoms with van der Waals surface area (Å²) in [4.78, 5) is 4.21. The second-order valence-electron chi connectivity index (χ2n) is 5.87. The molecule has 2 aromatic rings. The van der Waals surface area contributed by atoms with Crippen LogP contribution in [0.15, 0.2) is 42.7 Å². The van der Waals surface area contributed by atoms with Gasteiger partial charge in [-0.15, -0.1) is 0 Å². The average molecular weight is 283 g/mol. The number of aryl methyl sites for hydroxylation is 1. The molecule has 0 aliphatic rings. The largest absolute Gasteiger partial charge is 0.271 e. The standard InChI is InChI=1S/C18H25N3/c1-4-15-12-20-9-8-17(15)18(21-19)16-7-5-6-14(11-16)10-13(2)3/h5-9,11-13,18,21H,4,10,19H2,1-3H3. The van der Waals surface area contributed by atoms with E-state index in [2.05, 4.69) is 61.5 Å². The Morgan fingerprint density at radius 3 is 2.71 bits per heavy atom. The van der Waals surface area contributed by atoms with Crippen molar-refractivity contribution in [3.63, 3.8) is 0 Å². The smallest absolute Gasteiger partial charge is 0.0713 e. The molecule has 0 fully saturated rings. The summed E-state index contributed by atoms with van der Waals surface area (Å²) < 4.78 is 0. The Labute approximate surface area is 127 Å². The van der Waals surface area contributed by atoms with Gasteiger partial charge in [0.2, 0.25) is 0 Å². The lowest BCUT2D eigenvalue weighted by Gasteiger charge is -2.20. The monoisotopic (exact) mass is 283 g/mol. The number of hydrazine groups is 1. The molecule has 0 bridgehead atoms. The number of nitrogens with zero attached hydrogens (tertiary/aromatic N) is 1. The van der Waals surface area contributed by atoms with Crippen LogP contribution in [0.2, 0.25) is 0 Å². The van der Waals surface area contributed by atoms with Gasteiger partial charge in [-0.25, -0.2) is 5.43 Å². The highest BCUT2D eigenvalue weighted by atomic mass is 15.2. The number of nitrogens with one attached hydrogen (secondary N) is 1. The van der Waals surface area contributed by atoms with Gasteiger partial charge in [-0.1, -0.05) is 45.0 Å². The van der Waals surface area contributed by atoms with Crippen LogP contribution >= 0.6 is 0 Å². The van der Waals surface area contributed by atoms with Gasteiger partial charge in [-0.2, -0.15) is 0 Å². The molecular weight excluding hydrogens is 258 g/mol. The summed E-state index contributed by atoms with van der Waals surface area (Å²) in [7, 11) is 0. The Bertz CT molecular complexity index is 578. The molecule has 0 saturated carbocycles. The topological polar surface area (TPSA) is 50.9 Å². The van der Waals surface area contributed by atoms with Crippen LogP contribution in [0, 0.1) is 5.92 Å². The Balaban J connectivity index is 2.37. The van der Waals surface area contributed by atoms with E-state index in [4.69, 9.17) is 5.84 Å². The molecule has 3 N–H and O–H groups in total. The van der Waals surface area contributed by atoms with Crippen LogP contribution < -0.4 is 11.3 Å². The van der Waals surface area contributed by atoms with Crippen molar-refractivity contribution in [2.45, 2.75) is 39.7 Å². The maximum Gasteiger partial charge on any atom is 0.0713 e. The average Bonchev–Trinajstić information content (AvgIpc) is 2.48. The Morgan fingerprint density at radius 2 is 2.05 bits per heavy atom. The lowest BCUT2D eigenvalue weighted by atomic mass is 9.92. The minimum Gasteiger partial charge on any atom is -0.271 e. The molecule has 1 heterocycles. The molecule has 112 valence electrons. The Hall–Kier alpha value is -1.71. The van der Waals surface area contributed by atoms with Gasteiger partial charge in [0, 0.05) is 12.4 Å². The van der Waals surface area contributed by atoms with E-state index < -0.39 is 0 Å². The zero-order chi connectivity index (χ0) is 15.2. The second-order valence-corrected chi connectivity index (χ2v) is 5.87. The van der Waals surface area contributed by atoms with Gasteiger partial charge in [-0.05, 0) is 47.1 Å². The van der Waals surface area contributed by atoms with Gasteiger partial charge in [-0.3, -0.25) is 10.8 Å². The SMILES string of the molecule is CCc1cnccc1C(NN)c1cccc(CC(C)C)c1. The molecule has 1 unspecified atom stereocenters. The van der Waals surface area contributed by atoms with E-state index in [0.717, 1.165) is 12.8 Å². The molecule has 3 nitrogen and oxygen atoms in total. The van der Waals surface area contributed by atoms with Crippen molar-refractivity contribution in [3.8, 4) is 0 Å². The molecular formula is C18H25N3. The van der Waals surface area contributed by atoms with Crippen LogP contribution in [0.5, 0.6) is 0 Å². The number of pyridine rings is 1. The summed E-state index contributed by atoms with van der Waals surface area (Å²) in [6.07, 6.45) is 5.80. The third-order valence-corrected chi connectivity index (χ3v) is 3.73. The molecule has 1 aromatic carbocycles. The van der Waals surface area contributed by atoms with Crippen LogP contribution in [-0.4, -0.2) is 4.98 Å². The summed E-state index contributed by atoms with van der Waals surface area (Å²) in [6, 6.07) is 10.8. The molecule has 21 heavy (non-hydrogen) atoms. The molecule has 1 atom stereocenters. The minimum atomic E-state index is 0.00932. The van der Waals surface area contributed by atoms with Crippen molar-refractivity contribution < 1.29 is 0 Å². The number of nitrogens with two attached hydrogens (primary N) is 1. The maximum absolute atomic E-state index is 5.84. The van der Waals surface area contributed by atoms with E-state index >= 15 is 0 Å². The first kappa shape index (κ1) is 15.7. The molecule has 0 radical (unpaired) electrons. The number of benzene rings is 1. The van der Waals surface area contributed by atoms with Gasteiger partial charge < -0.3 is 0 Å². The third kappa shape index (κ3) is 3.90. The zero-order valence-electron chi connectivity index (χ0n) is 13.1. The van der Waals surface area contributed by atoms with Crippen molar-refractivity contribution >= 4 is 0 Å². The lowest BCUT2D eigenvalue weighted by Crippen LogP contribution is -2.29. The normalized spacial score (nSPS) is 12.6. The maximum atomic E-state index is 5.84. The first-order chi connectivity index (χ1) is 10.2. The van der Waals surface area contributed by atoms with Crippen LogP contribution in [0.25, 0.3) is 0 Å². The first-order valence-corrected chi connectivity index (χ1v) is 7.63. The highest BCUT2D eigenvalue weighted by Gasteiger charge is 2.16. The highest BCUT2D eigenvalue weighted by molar-refractivity contribution is 5.37. The predicted octanol–water partition coefficient (Wildman–Crippen LogP) is 3.40. The second kappa shape index (κ2) is 7.34. The van der Waals surface area contributed by atoms with Crippen LogP contribution in [0.3, 0.4) is 0 Å². The summed E-state index contributed by atoms with van der Waals surface area (Å²) in [5.74, 6) is 6.49. The lowest BCUT2D eigenvalue weighted by molar-refractivity contribution is 0.623. The highest BCUT2D eigenvalue weighted by Crippen LogP contribution is 2.25. The fraction of sp³-hybridized carbons (Fsp3) is 0.389. The molecule has 2 rings (SSSR count). The van der Waals surface area contributed by atoms with Gasteiger partial charge in [0.25, 0.3) is 0 Å². The molecule has 0 amide bonds. The Morgan fingerprint density at radius 1 is 1.24 bits per heavy atom. The van der Waals surface area contributed by atoms with Crippen LogP contribution in [0.1, 0.15) is 49.1 Å². The molecule has 3 heteroatoms.